The molecule has 0 aliphatic heterocycles. The molecule has 0 aromatic heterocycles. The number of aliphatic hydroxyl groups is 1. The number of rotatable bonds is 6. The fraction of sp³-hybridized carbons (Fsp3) is 0.600. The molecule has 3 nitrogen and oxygen atoms in total. The van der Waals surface area contributed by atoms with Crippen molar-refractivity contribution in [3.63, 3.8) is 0 Å². The van der Waals surface area contributed by atoms with Crippen molar-refractivity contribution < 1.29 is 5.11 Å². The van der Waals surface area contributed by atoms with Gasteiger partial charge in [0.2, 0.25) is 0 Å². The molecule has 3 heteroatoms. The summed E-state index contributed by atoms with van der Waals surface area (Å²) in [6, 6.07) is 8.26. The molecule has 1 aromatic rings. The van der Waals surface area contributed by atoms with Crippen molar-refractivity contribution in [1.82, 2.24) is 0 Å². The third kappa shape index (κ3) is 4.00. The molecule has 0 spiro atoms. The van der Waals surface area contributed by atoms with Crippen molar-refractivity contribution in [3.05, 3.63) is 29.8 Å². The van der Waals surface area contributed by atoms with E-state index in [1.54, 1.807) is 0 Å². The number of likely N-dealkylation sites (N-methyl/N-ethyl adjacent to an activating group) is 1. The Morgan fingerprint density at radius 3 is 2.39 bits per heavy atom. The van der Waals surface area contributed by atoms with Crippen molar-refractivity contribution in [2.75, 3.05) is 18.0 Å². The van der Waals surface area contributed by atoms with Crippen molar-refractivity contribution >= 4 is 5.69 Å². The Labute approximate surface area is 111 Å². The first-order chi connectivity index (χ1) is 8.39. The Kier molecular flexibility index (Phi) is 5.17. The van der Waals surface area contributed by atoms with Crippen molar-refractivity contribution in [2.45, 2.75) is 45.8 Å². The summed E-state index contributed by atoms with van der Waals surface area (Å²) in [5.74, 6) is 0. The van der Waals surface area contributed by atoms with Crippen LogP contribution in [-0.4, -0.2) is 23.8 Å². The van der Waals surface area contributed by atoms with Crippen LogP contribution in [0.15, 0.2) is 24.3 Å². The second-order valence-electron chi connectivity index (χ2n) is 5.40. The summed E-state index contributed by atoms with van der Waals surface area (Å²) >= 11 is 0. The summed E-state index contributed by atoms with van der Waals surface area (Å²) < 4.78 is 0. The van der Waals surface area contributed by atoms with Crippen molar-refractivity contribution in [2.24, 2.45) is 5.73 Å². The van der Waals surface area contributed by atoms with Crippen LogP contribution in [0.4, 0.5) is 5.69 Å². The minimum atomic E-state index is -0.709. The third-order valence-corrected chi connectivity index (χ3v) is 3.08. The molecule has 0 aliphatic carbocycles. The highest BCUT2D eigenvalue weighted by atomic mass is 16.3. The fourth-order valence-electron chi connectivity index (χ4n) is 2.14. The summed E-state index contributed by atoms with van der Waals surface area (Å²) in [6.45, 7) is 9.32. The average molecular weight is 250 g/mol. The van der Waals surface area contributed by atoms with Crippen LogP contribution in [0.1, 0.15) is 45.7 Å². The maximum atomic E-state index is 9.99. The van der Waals surface area contributed by atoms with E-state index in [9.17, 15) is 5.11 Å². The van der Waals surface area contributed by atoms with Gasteiger partial charge < -0.3 is 15.7 Å². The lowest BCUT2D eigenvalue weighted by atomic mass is 10.0. The number of para-hydroxylation sites is 1. The van der Waals surface area contributed by atoms with Gasteiger partial charge in [-0.2, -0.15) is 0 Å². The molecule has 0 fully saturated rings. The largest absolute Gasteiger partial charge is 0.389 e. The molecule has 3 N–H and O–H groups in total. The van der Waals surface area contributed by atoms with Gasteiger partial charge in [0.25, 0.3) is 0 Å². The molecule has 0 amide bonds. The summed E-state index contributed by atoms with van der Waals surface area (Å²) in [6.07, 6.45) is 0.914. The number of nitrogens with zero attached hydrogens (tertiary/aromatic N) is 1. The van der Waals surface area contributed by atoms with Crippen LogP contribution < -0.4 is 10.6 Å². The molecule has 0 unspecified atom stereocenters. The highest BCUT2D eigenvalue weighted by Crippen LogP contribution is 2.27. The van der Waals surface area contributed by atoms with Crippen LogP contribution in [0.25, 0.3) is 0 Å². The van der Waals surface area contributed by atoms with Crippen LogP contribution in [0, 0.1) is 0 Å². The van der Waals surface area contributed by atoms with E-state index in [0.717, 1.165) is 24.2 Å². The number of anilines is 1. The van der Waals surface area contributed by atoms with Gasteiger partial charge in [-0.05, 0) is 38.8 Å². The molecule has 1 aromatic carbocycles. The van der Waals surface area contributed by atoms with Gasteiger partial charge in [-0.3, -0.25) is 0 Å². The van der Waals surface area contributed by atoms with Crippen LogP contribution in [0.2, 0.25) is 0 Å². The van der Waals surface area contributed by atoms with Gasteiger partial charge in [0, 0.05) is 24.8 Å². The Hall–Kier alpha value is -1.06. The van der Waals surface area contributed by atoms with Gasteiger partial charge >= 0.3 is 0 Å². The lowest BCUT2D eigenvalue weighted by Gasteiger charge is -2.32. The number of hydrogen-bond donors (Lipinski definition) is 2. The van der Waals surface area contributed by atoms with Gasteiger partial charge in [0.05, 0.1) is 5.60 Å². The number of nitrogens with two attached hydrogens (primary N) is 1. The van der Waals surface area contributed by atoms with E-state index in [-0.39, 0.29) is 6.04 Å². The van der Waals surface area contributed by atoms with Gasteiger partial charge in [-0.1, -0.05) is 25.1 Å². The minimum Gasteiger partial charge on any atom is -0.389 e. The molecular formula is C15H26N2O. The molecular weight excluding hydrogens is 224 g/mol. The normalized spacial score (nSPS) is 13.4. The van der Waals surface area contributed by atoms with Crippen LogP contribution in [0.5, 0.6) is 0 Å². The van der Waals surface area contributed by atoms with E-state index in [2.05, 4.69) is 30.9 Å². The molecule has 18 heavy (non-hydrogen) atoms. The highest BCUT2D eigenvalue weighted by molar-refractivity contribution is 5.55. The summed E-state index contributed by atoms with van der Waals surface area (Å²) in [5, 5.41) is 9.99. The first kappa shape index (κ1) is 15.0. The van der Waals surface area contributed by atoms with E-state index in [1.807, 2.05) is 26.0 Å². The van der Waals surface area contributed by atoms with E-state index in [0.29, 0.717) is 6.54 Å². The molecule has 1 atom stereocenters. The van der Waals surface area contributed by atoms with Crippen molar-refractivity contribution in [1.29, 1.82) is 0 Å². The second-order valence-corrected chi connectivity index (χ2v) is 5.40. The Balaban J connectivity index is 3.05. The predicted molar refractivity (Wildman–Crippen MR) is 77.8 cm³/mol. The number of hydrogen-bond acceptors (Lipinski definition) is 3. The van der Waals surface area contributed by atoms with Gasteiger partial charge in [0.15, 0.2) is 0 Å². The minimum absolute atomic E-state index is 0.0528. The molecule has 0 radical (unpaired) electrons. The monoisotopic (exact) mass is 250 g/mol. The van der Waals surface area contributed by atoms with E-state index >= 15 is 0 Å². The summed E-state index contributed by atoms with van der Waals surface area (Å²) in [5.41, 5.74) is 7.75. The zero-order chi connectivity index (χ0) is 13.8. The Bertz CT molecular complexity index is 371. The summed E-state index contributed by atoms with van der Waals surface area (Å²) in [7, 11) is 0. The molecule has 0 bridgehead atoms. The fourth-order valence-corrected chi connectivity index (χ4v) is 2.14. The maximum Gasteiger partial charge on any atom is 0.0765 e. The molecule has 0 saturated carbocycles. The van der Waals surface area contributed by atoms with Crippen molar-refractivity contribution in [3.8, 4) is 0 Å². The van der Waals surface area contributed by atoms with Gasteiger partial charge in [0.1, 0.15) is 0 Å². The van der Waals surface area contributed by atoms with Crippen LogP contribution in [0.3, 0.4) is 0 Å². The Morgan fingerprint density at radius 1 is 1.28 bits per heavy atom. The van der Waals surface area contributed by atoms with E-state index in [4.69, 9.17) is 5.73 Å². The lowest BCUT2D eigenvalue weighted by Crippen LogP contribution is -2.39. The number of benzene rings is 1. The first-order valence-electron chi connectivity index (χ1n) is 6.71. The zero-order valence-corrected chi connectivity index (χ0v) is 12.0. The van der Waals surface area contributed by atoms with E-state index in [1.165, 1.54) is 0 Å². The smallest absolute Gasteiger partial charge is 0.0765 e. The average Bonchev–Trinajstić information content (AvgIpc) is 2.34. The maximum absolute atomic E-state index is 9.99. The molecule has 0 heterocycles. The highest BCUT2D eigenvalue weighted by Gasteiger charge is 2.20. The third-order valence-electron chi connectivity index (χ3n) is 3.08. The second kappa shape index (κ2) is 6.21. The SMILES string of the molecule is CC[C@@H](N)c1ccccc1N(CC)CC(C)(C)O. The standard InChI is InChI=1S/C15H26N2O/c1-5-13(16)12-9-7-8-10-14(12)17(6-2)11-15(3,4)18/h7-10,13,18H,5-6,11,16H2,1-4H3/t13-/m1/s1. The van der Waals surface area contributed by atoms with Crippen LogP contribution in [-0.2, 0) is 0 Å². The molecule has 0 saturated heterocycles. The van der Waals surface area contributed by atoms with E-state index < -0.39 is 5.60 Å². The zero-order valence-electron chi connectivity index (χ0n) is 12.0. The first-order valence-corrected chi connectivity index (χ1v) is 6.71. The van der Waals surface area contributed by atoms with Crippen LogP contribution >= 0.6 is 0 Å². The molecule has 1 rings (SSSR count). The Morgan fingerprint density at radius 2 is 1.89 bits per heavy atom. The molecule has 0 aliphatic rings. The lowest BCUT2D eigenvalue weighted by molar-refractivity contribution is 0.0875. The van der Waals surface area contributed by atoms with Gasteiger partial charge in [-0.25, -0.2) is 0 Å². The summed E-state index contributed by atoms with van der Waals surface area (Å²) in [4.78, 5) is 2.19. The van der Waals surface area contributed by atoms with Gasteiger partial charge in [-0.15, -0.1) is 0 Å². The molecule has 102 valence electrons. The quantitative estimate of drug-likeness (QED) is 0.816. The topological polar surface area (TPSA) is 49.5 Å². The predicted octanol–water partition coefficient (Wildman–Crippen LogP) is 2.69.